The van der Waals surface area contributed by atoms with Gasteiger partial charge in [-0.25, -0.2) is 0 Å². The zero-order valence-corrected chi connectivity index (χ0v) is 41.8. The Hall–Kier alpha value is -1.33. The predicted octanol–water partition coefficient (Wildman–Crippen LogP) is 13.0. The standard InChI is InChI=1S/C55H105NO8/c1-3-5-7-9-11-13-14-15-16-17-18-19-20-21-22-23-24-25-26-27-28-29-30-31-32-33-34-35-36-37-39-41-43-45-51(59)56-48(49(58)44-42-40-38-12-10-8-6-4-2)47-63-55-54(62)53(61)52(60)50(46-57)64-55/h17-18,42,44,48-50,52-55,57-58,60-62H,3-16,19-41,43,45-47H2,1-2H3,(H,56,59)/b18-17-,44-42+. The maximum absolute atomic E-state index is 12.9. The van der Waals surface area contributed by atoms with Crippen LogP contribution in [-0.2, 0) is 14.3 Å². The molecule has 0 aromatic rings. The van der Waals surface area contributed by atoms with Crippen molar-refractivity contribution in [1.82, 2.24) is 5.32 Å². The van der Waals surface area contributed by atoms with Crippen molar-refractivity contribution in [1.29, 1.82) is 0 Å². The third-order valence-electron chi connectivity index (χ3n) is 13.3. The van der Waals surface area contributed by atoms with Crippen LogP contribution in [0.25, 0.3) is 0 Å². The second-order valence-electron chi connectivity index (χ2n) is 19.4. The molecule has 0 radical (unpaired) electrons. The van der Waals surface area contributed by atoms with E-state index in [0.717, 1.165) is 38.5 Å². The molecule has 0 bridgehead atoms. The molecule has 0 aromatic carbocycles. The molecular formula is C55H105NO8. The molecule has 64 heavy (non-hydrogen) atoms. The van der Waals surface area contributed by atoms with Gasteiger partial charge in [0.1, 0.15) is 24.4 Å². The number of aliphatic hydroxyl groups is 5. The Balaban J connectivity index is 2.04. The summed E-state index contributed by atoms with van der Waals surface area (Å²) in [5.74, 6) is -0.176. The molecule has 7 atom stereocenters. The smallest absolute Gasteiger partial charge is 0.220 e. The van der Waals surface area contributed by atoms with E-state index in [9.17, 15) is 30.3 Å². The number of carbonyl (C=O) groups excluding carboxylic acids is 1. The van der Waals surface area contributed by atoms with Crippen molar-refractivity contribution in [3.8, 4) is 0 Å². The number of amides is 1. The first-order valence-corrected chi connectivity index (χ1v) is 27.6. The van der Waals surface area contributed by atoms with E-state index >= 15 is 0 Å². The Morgan fingerprint density at radius 3 is 1.27 bits per heavy atom. The van der Waals surface area contributed by atoms with Crippen molar-refractivity contribution >= 4 is 5.91 Å². The third kappa shape index (κ3) is 34.9. The largest absolute Gasteiger partial charge is 0.394 e. The molecule has 7 unspecified atom stereocenters. The van der Waals surface area contributed by atoms with Crippen LogP contribution in [0.4, 0.5) is 0 Å². The van der Waals surface area contributed by atoms with Gasteiger partial charge in [0.25, 0.3) is 0 Å². The molecule has 378 valence electrons. The predicted molar refractivity (Wildman–Crippen MR) is 267 cm³/mol. The van der Waals surface area contributed by atoms with Gasteiger partial charge in [-0.05, 0) is 44.9 Å². The Kier molecular flexibility index (Phi) is 43.1. The summed E-state index contributed by atoms with van der Waals surface area (Å²) in [4.78, 5) is 12.9. The number of rotatable bonds is 47. The summed E-state index contributed by atoms with van der Waals surface area (Å²) < 4.78 is 11.2. The van der Waals surface area contributed by atoms with E-state index in [2.05, 4.69) is 31.3 Å². The maximum Gasteiger partial charge on any atom is 0.220 e. The zero-order valence-electron chi connectivity index (χ0n) is 41.8. The molecule has 1 saturated heterocycles. The molecule has 1 rings (SSSR count). The van der Waals surface area contributed by atoms with Crippen LogP contribution in [0.2, 0.25) is 0 Å². The second-order valence-corrected chi connectivity index (χ2v) is 19.4. The molecule has 0 aliphatic carbocycles. The number of hydrogen-bond acceptors (Lipinski definition) is 8. The Morgan fingerprint density at radius 2 is 0.875 bits per heavy atom. The normalized spacial score (nSPS) is 20.1. The van der Waals surface area contributed by atoms with Gasteiger partial charge >= 0.3 is 0 Å². The number of nitrogens with one attached hydrogen (secondary N) is 1. The molecule has 1 fully saturated rings. The van der Waals surface area contributed by atoms with Gasteiger partial charge in [0, 0.05) is 6.42 Å². The number of allylic oxidation sites excluding steroid dienone is 3. The first-order valence-electron chi connectivity index (χ1n) is 27.6. The van der Waals surface area contributed by atoms with E-state index in [-0.39, 0.29) is 12.5 Å². The van der Waals surface area contributed by atoms with Crippen LogP contribution < -0.4 is 5.32 Å². The summed E-state index contributed by atoms with van der Waals surface area (Å²) in [6, 6.07) is -0.799. The van der Waals surface area contributed by atoms with E-state index < -0.39 is 49.5 Å². The van der Waals surface area contributed by atoms with Crippen molar-refractivity contribution in [2.24, 2.45) is 0 Å². The minimum atomic E-state index is -1.56. The van der Waals surface area contributed by atoms with Gasteiger partial charge in [-0.1, -0.05) is 237 Å². The van der Waals surface area contributed by atoms with Gasteiger partial charge in [0.2, 0.25) is 5.91 Å². The molecule has 9 heteroatoms. The topological polar surface area (TPSA) is 149 Å². The SMILES string of the molecule is CCCCCCCC/C=C/C(O)C(COC1OC(CO)C(O)C(O)C1O)NC(=O)CCCCCCCCCCCCCCCCCCCCCCC/C=C\CCCCCCCCCC. The lowest BCUT2D eigenvalue weighted by atomic mass is 9.99. The molecule has 1 aliphatic rings. The van der Waals surface area contributed by atoms with Crippen molar-refractivity contribution in [3.63, 3.8) is 0 Å². The van der Waals surface area contributed by atoms with Crippen molar-refractivity contribution in [2.45, 2.75) is 307 Å². The van der Waals surface area contributed by atoms with E-state index in [1.165, 1.54) is 205 Å². The fourth-order valence-corrected chi connectivity index (χ4v) is 8.86. The number of unbranched alkanes of at least 4 members (excludes halogenated alkanes) is 35. The molecule has 9 nitrogen and oxygen atoms in total. The first kappa shape index (κ1) is 60.7. The number of hydrogen-bond donors (Lipinski definition) is 6. The summed E-state index contributed by atoms with van der Waals surface area (Å²) in [5.41, 5.74) is 0. The molecular weight excluding hydrogens is 803 g/mol. The second kappa shape index (κ2) is 45.5. The van der Waals surface area contributed by atoms with Crippen molar-refractivity contribution < 1.29 is 39.8 Å². The third-order valence-corrected chi connectivity index (χ3v) is 13.3. The van der Waals surface area contributed by atoms with E-state index in [1.807, 2.05) is 6.08 Å². The van der Waals surface area contributed by atoms with Gasteiger partial charge in [-0.3, -0.25) is 4.79 Å². The average Bonchev–Trinajstić information content (AvgIpc) is 3.29. The van der Waals surface area contributed by atoms with Crippen LogP contribution in [0.1, 0.15) is 264 Å². The molecule has 1 aliphatic heterocycles. The number of ether oxygens (including phenoxy) is 2. The Bertz CT molecular complexity index is 1060. The fourth-order valence-electron chi connectivity index (χ4n) is 8.86. The van der Waals surface area contributed by atoms with E-state index in [1.54, 1.807) is 6.08 Å². The van der Waals surface area contributed by atoms with Gasteiger partial charge in [0.15, 0.2) is 6.29 Å². The molecule has 6 N–H and O–H groups in total. The minimum absolute atomic E-state index is 0.176. The highest BCUT2D eigenvalue weighted by atomic mass is 16.7. The van der Waals surface area contributed by atoms with Gasteiger partial charge in [-0.15, -0.1) is 0 Å². The maximum atomic E-state index is 12.9. The van der Waals surface area contributed by atoms with Gasteiger partial charge in [0.05, 0.1) is 25.4 Å². The summed E-state index contributed by atoms with van der Waals surface area (Å²) >= 11 is 0. The number of carbonyl (C=O) groups is 1. The van der Waals surface area contributed by atoms with E-state index in [4.69, 9.17) is 9.47 Å². The van der Waals surface area contributed by atoms with Crippen LogP contribution in [0.15, 0.2) is 24.3 Å². The van der Waals surface area contributed by atoms with Crippen LogP contribution in [0.5, 0.6) is 0 Å². The van der Waals surface area contributed by atoms with E-state index in [0.29, 0.717) is 6.42 Å². The highest BCUT2D eigenvalue weighted by Crippen LogP contribution is 2.23. The highest BCUT2D eigenvalue weighted by molar-refractivity contribution is 5.76. The molecule has 1 amide bonds. The molecule has 1 heterocycles. The summed E-state index contributed by atoms with van der Waals surface area (Å²) in [7, 11) is 0. The van der Waals surface area contributed by atoms with Crippen molar-refractivity contribution in [2.75, 3.05) is 13.2 Å². The van der Waals surface area contributed by atoms with Crippen LogP contribution >= 0.6 is 0 Å². The summed E-state index contributed by atoms with van der Waals surface area (Å²) in [6.07, 6.45) is 50.0. The zero-order chi connectivity index (χ0) is 46.6. The first-order chi connectivity index (χ1) is 31.3. The molecule has 0 aromatic heterocycles. The Morgan fingerprint density at radius 1 is 0.516 bits per heavy atom. The van der Waals surface area contributed by atoms with Crippen LogP contribution in [0.3, 0.4) is 0 Å². The highest BCUT2D eigenvalue weighted by Gasteiger charge is 2.44. The fraction of sp³-hybridized carbons (Fsp3) is 0.909. The lowest BCUT2D eigenvalue weighted by Gasteiger charge is -2.40. The number of aliphatic hydroxyl groups excluding tert-OH is 5. The Labute approximate surface area is 394 Å². The van der Waals surface area contributed by atoms with Crippen LogP contribution in [-0.4, -0.2) is 87.5 Å². The summed E-state index contributed by atoms with van der Waals surface area (Å²) in [6.45, 7) is 3.74. The summed E-state index contributed by atoms with van der Waals surface area (Å²) in [5, 5.41) is 54.1. The van der Waals surface area contributed by atoms with Crippen molar-refractivity contribution in [3.05, 3.63) is 24.3 Å². The van der Waals surface area contributed by atoms with Gasteiger partial charge < -0.3 is 40.3 Å². The lowest BCUT2D eigenvalue weighted by molar-refractivity contribution is -0.302. The monoisotopic (exact) mass is 908 g/mol. The molecule has 0 spiro atoms. The van der Waals surface area contributed by atoms with Gasteiger partial charge in [-0.2, -0.15) is 0 Å². The minimum Gasteiger partial charge on any atom is -0.394 e. The average molecular weight is 908 g/mol. The lowest BCUT2D eigenvalue weighted by Crippen LogP contribution is -2.60. The van der Waals surface area contributed by atoms with Crippen LogP contribution in [0, 0.1) is 0 Å². The molecule has 0 saturated carbocycles. The quantitative estimate of drug-likeness (QED) is 0.0261.